The maximum absolute atomic E-state index is 10.8. The molecule has 0 amide bonds. The van der Waals surface area contributed by atoms with E-state index in [-0.39, 0.29) is 5.69 Å². The van der Waals surface area contributed by atoms with Crippen molar-refractivity contribution in [1.29, 1.82) is 0 Å². The maximum Gasteiger partial charge on any atom is 0.320 e. The van der Waals surface area contributed by atoms with E-state index in [0.717, 1.165) is 0 Å². The van der Waals surface area contributed by atoms with Crippen molar-refractivity contribution in [3.8, 4) is 0 Å². The number of aliphatic carboxylic acids is 1. The largest absolute Gasteiger partial charge is 0.480 e. The minimum Gasteiger partial charge on any atom is -0.480 e. The number of hydrogen-bond acceptors (Lipinski definition) is 5. The summed E-state index contributed by atoms with van der Waals surface area (Å²) in [5.74, 6) is -1.02. The van der Waals surface area contributed by atoms with Crippen molar-refractivity contribution in [2.24, 2.45) is 5.73 Å². The number of carbonyl (C=O) groups is 1. The van der Waals surface area contributed by atoms with Crippen LogP contribution >= 0.6 is 11.6 Å². The molecule has 20 heavy (non-hydrogen) atoms. The van der Waals surface area contributed by atoms with Gasteiger partial charge in [0, 0.05) is 17.6 Å². The van der Waals surface area contributed by atoms with Crippen molar-refractivity contribution in [2.75, 3.05) is 11.9 Å². The first-order chi connectivity index (χ1) is 9.41. The van der Waals surface area contributed by atoms with Crippen molar-refractivity contribution in [2.45, 2.75) is 25.3 Å². The highest BCUT2D eigenvalue weighted by molar-refractivity contribution is 6.31. The standard InChI is InChI=1S/C12H16ClN3O4/c13-8-4-5-11(16(19)20)10(7-8)15-6-2-1-3-9(14)12(17)18/h4-5,7,9,15H,1-3,6,14H2,(H,17,18)/t9-/m0/s1. The van der Waals surface area contributed by atoms with Gasteiger partial charge in [0.25, 0.3) is 5.69 Å². The van der Waals surface area contributed by atoms with E-state index in [2.05, 4.69) is 5.32 Å². The molecule has 0 aliphatic heterocycles. The molecular formula is C12H16ClN3O4. The predicted molar refractivity (Wildman–Crippen MR) is 76.1 cm³/mol. The predicted octanol–water partition coefficient (Wildman–Crippen LogP) is 2.24. The van der Waals surface area contributed by atoms with Crippen LogP contribution in [0.5, 0.6) is 0 Å². The summed E-state index contributed by atoms with van der Waals surface area (Å²) in [6.45, 7) is 0.480. The average Bonchev–Trinajstić information content (AvgIpc) is 2.37. The van der Waals surface area contributed by atoms with Gasteiger partial charge in [0.1, 0.15) is 11.7 Å². The number of benzene rings is 1. The summed E-state index contributed by atoms with van der Waals surface area (Å²) in [5, 5.41) is 22.8. The summed E-state index contributed by atoms with van der Waals surface area (Å²) in [4.78, 5) is 20.9. The van der Waals surface area contributed by atoms with Gasteiger partial charge in [-0.15, -0.1) is 0 Å². The fourth-order valence-corrected chi connectivity index (χ4v) is 1.82. The lowest BCUT2D eigenvalue weighted by atomic mass is 10.1. The van der Waals surface area contributed by atoms with Gasteiger partial charge in [-0.25, -0.2) is 0 Å². The molecular weight excluding hydrogens is 286 g/mol. The number of nitrogens with one attached hydrogen (secondary N) is 1. The lowest BCUT2D eigenvalue weighted by Gasteiger charge is -2.08. The molecule has 1 rings (SSSR count). The quantitative estimate of drug-likeness (QED) is 0.385. The van der Waals surface area contributed by atoms with E-state index in [1.54, 1.807) is 0 Å². The van der Waals surface area contributed by atoms with Gasteiger partial charge in [-0.3, -0.25) is 14.9 Å². The first-order valence-electron chi connectivity index (χ1n) is 6.08. The molecule has 0 saturated carbocycles. The Balaban J connectivity index is 2.44. The summed E-state index contributed by atoms with van der Waals surface area (Å²) < 4.78 is 0. The molecule has 0 unspecified atom stereocenters. The number of nitrogens with zero attached hydrogens (tertiary/aromatic N) is 1. The highest BCUT2D eigenvalue weighted by Gasteiger charge is 2.14. The molecule has 1 aromatic carbocycles. The third-order valence-electron chi connectivity index (χ3n) is 2.73. The third kappa shape index (κ3) is 5.02. The van der Waals surface area contributed by atoms with Crippen molar-refractivity contribution in [1.82, 2.24) is 0 Å². The van der Waals surface area contributed by atoms with Crippen molar-refractivity contribution in [3.63, 3.8) is 0 Å². The SMILES string of the molecule is N[C@@H](CCCCNc1cc(Cl)ccc1[N+](=O)[O-])C(=O)O. The van der Waals surface area contributed by atoms with Crippen LogP contribution in [-0.2, 0) is 4.79 Å². The molecule has 0 heterocycles. The molecule has 0 radical (unpaired) electrons. The smallest absolute Gasteiger partial charge is 0.320 e. The van der Waals surface area contributed by atoms with Crippen LogP contribution in [0, 0.1) is 10.1 Å². The summed E-state index contributed by atoms with van der Waals surface area (Å²) >= 11 is 5.79. The number of carboxylic acids is 1. The number of halogens is 1. The minimum atomic E-state index is -1.02. The zero-order chi connectivity index (χ0) is 15.1. The number of nitro groups is 1. The first kappa shape index (κ1) is 16.2. The van der Waals surface area contributed by atoms with Gasteiger partial charge in [0.15, 0.2) is 0 Å². The number of hydrogen-bond donors (Lipinski definition) is 3. The molecule has 4 N–H and O–H groups in total. The topological polar surface area (TPSA) is 118 Å². The van der Waals surface area contributed by atoms with Gasteiger partial charge >= 0.3 is 5.97 Å². The van der Waals surface area contributed by atoms with E-state index in [4.69, 9.17) is 22.4 Å². The lowest BCUT2D eigenvalue weighted by molar-refractivity contribution is -0.384. The summed E-state index contributed by atoms with van der Waals surface area (Å²) in [7, 11) is 0. The maximum atomic E-state index is 10.8. The van der Waals surface area contributed by atoms with Crippen LogP contribution < -0.4 is 11.1 Å². The van der Waals surface area contributed by atoms with Gasteiger partial charge in [0.05, 0.1) is 4.92 Å². The van der Waals surface area contributed by atoms with Gasteiger partial charge in [-0.1, -0.05) is 11.6 Å². The molecule has 0 aliphatic carbocycles. The zero-order valence-corrected chi connectivity index (χ0v) is 11.5. The van der Waals surface area contributed by atoms with Crippen molar-refractivity contribution >= 4 is 28.9 Å². The second kappa shape index (κ2) is 7.66. The van der Waals surface area contributed by atoms with E-state index in [1.807, 2.05) is 0 Å². The molecule has 8 heteroatoms. The molecule has 0 aliphatic rings. The Kier molecular flexibility index (Phi) is 6.20. The molecule has 7 nitrogen and oxygen atoms in total. The molecule has 0 fully saturated rings. The van der Waals surface area contributed by atoms with Crippen molar-refractivity contribution in [3.05, 3.63) is 33.3 Å². The average molecular weight is 302 g/mol. The van der Waals surface area contributed by atoms with Gasteiger partial charge < -0.3 is 16.2 Å². The molecule has 110 valence electrons. The lowest BCUT2D eigenvalue weighted by Crippen LogP contribution is -2.29. The van der Waals surface area contributed by atoms with Crippen LogP contribution in [0.4, 0.5) is 11.4 Å². The van der Waals surface area contributed by atoms with Gasteiger partial charge in [-0.05, 0) is 31.4 Å². The van der Waals surface area contributed by atoms with Crippen LogP contribution in [0.15, 0.2) is 18.2 Å². The van der Waals surface area contributed by atoms with E-state index in [0.29, 0.717) is 36.5 Å². The van der Waals surface area contributed by atoms with Gasteiger partial charge in [0.2, 0.25) is 0 Å². The number of nitrogens with two attached hydrogens (primary N) is 1. The Morgan fingerprint density at radius 3 is 2.80 bits per heavy atom. The number of nitro benzene ring substituents is 1. The second-order valence-electron chi connectivity index (χ2n) is 4.29. The molecule has 1 atom stereocenters. The Morgan fingerprint density at radius 1 is 1.50 bits per heavy atom. The summed E-state index contributed by atoms with van der Waals surface area (Å²) in [6.07, 6.45) is 1.65. The fourth-order valence-electron chi connectivity index (χ4n) is 1.64. The van der Waals surface area contributed by atoms with E-state index < -0.39 is 16.9 Å². The number of unbranched alkanes of at least 4 members (excludes halogenated alkanes) is 1. The zero-order valence-electron chi connectivity index (χ0n) is 10.7. The molecule has 0 aromatic heterocycles. The molecule has 0 bridgehead atoms. The Hall–Kier alpha value is -1.86. The first-order valence-corrected chi connectivity index (χ1v) is 6.46. The van der Waals surface area contributed by atoms with Gasteiger partial charge in [-0.2, -0.15) is 0 Å². The Bertz CT molecular complexity index is 496. The number of rotatable bonds is 8. The molecule has 0 saturated heterocycles. The van der Waals surface area contributed by atoms with Crippen LogP contribution in [0.2, 0.25) is 5.02 Å². The number of anilines is 1. The third-order valence-corrected chi connectivity index (χ3v) is 2.96. The minimum absolute atomic E-state index is 0.0448. The second-order valence-corrected chi connectivity index (χ2v) is 4.72. The van der Waals surface area contributed by atoms with E-state index >= 15 is 0 Å². The van der Waals surface area contributed by atoms with E-state index in [9.17, 15) is 14.9 Å². The Labute approximate surface area is 120 Å². The molecule has 0 spiro atoms. The molecule has 1 aromatic rings. The van der Waals surface area contributed by atoms with Crippen LogP contribution in [0.3, 0.4) is 0 Å². The Morgan fingerprint density at radius 2 is 2.20 bits per heavy atom. The highest BCUT2D eigenvalue weighted by Crippen LogP contribution is 2.27. The highest BCUT2D eigenvalue weighted by atomic mass is 35.5. The van der Waals surface area contributed by atoms with Crippen LogP contribution in [0.25, 0.3) is 0 Å². The summed E-state index contributed by atoms with van der Waals surface area (Å²) in [5.41, 5.74) is 5.67. The van der Waals surface area contributed by atoms with Crippen LogP contribution in [-0.4, -0.2) is 28.6 Å². The normalized spacial score (nSPS) is 11.9. The van der Waals surface area contributed by atoms with E-state index in [1.165, 1.54) is 18.2 Å². The fraction of sp³-hybridized carbons (Fsp3) is 0.417. The van der Waals surface area contributed by atoms with Crippen LogP contribution in [0.1, 0.15) is 19.3 Å². The summed E-state index contributed by atoms with van der Waals surface area (Å²) in [6, 6.07) is 3.42. The number of carboxylic acid groups (broad SMARTS) is 1. The van der Waals surface area contributed by atoms with Crippen molar-refractivity contribution < 1.29 is 14.8 Å². The monoisotopic (exact) mass is 301 g/mol.